The Labute approximate surface area is 203 Å². The first-order valence-corrected chi connectivity index (χ1v) is 10.6. The Morgan fingerprint density at radius 1 is 1.00 bits per heavy atom. The lowest BCUT2D eigenvalue weighted by atomic mass is 10.1. The van der Waals surface area contributed by atoms with Crippen LogP contribution in [0, 0.1) is 36.0 Å². The van der Waals surface area contributed by atoms with Gasteiger partial charge in [0.15, 0.2) is 34.2 Å². The molecule has 3 rings (SSSR count). The highest BCUT2D eigenvalue weighted by Gasteiger charge is 2.27. The molecule has 0 spiro atoms. The molecule has 35 heavy (non-hydrogen) atoms. The first-order valence-electron chi connectivity index (χ1n) is 9.41. The second kappa shape index (κ2) is 10.4. The van der Waals surface area contributed by atoms with Crippen LogP contribution in [0.15, 0.2) is 12.3 Å². The SMILES string of the molecule is COC(=O)c1sc(NC(=S)Nc2ccn(Cc3c(F)c(F)c(F)c(F)c3F)n2)c(C(=O)OC)c1C. The molecular formula is C20H15F5N4O4S2. The summed E-state index contributed by atoms with van der Waals surface area (Å²) in [5, 5.41) is 9.40. The highest BCUT2D eigenvalue weighted by Crippen LogP contribution is 2.34. The molecule has 0 unspecified atom stereocenters. The summed E-state index contributed by atoms with van der Waals surface area (Å²) in [4.78, 5) is 24.3. The Morgan fingerprint density at radius 3 is 2.14 bits per heavy atom. The van der Waals surface area contributed by atoms with Gasteiger partial charge in [0, 0.05) is 12.3 Å². The van der Waals surface area contributed by atoms with E-state index in [9.17, 15) is 31.5 Å². The Balaban J connectivity index is 1.79. The van der Waals surface area contributed by atoms with Crippen LogP contribution in [-0.2, 0) is 16.0 Å². The van der Waals surface area contributed by atoms with E-state index >= 15 is 0 Å². The summed E-state index contributed by atoms with van der Waals surface area (Å²) in [6, 6.07) is 1.32. The molecule has 186 valence electrons. The number of nitrogens with one attached hydrogen (secondary N) is 2. The molecule has 0 aliphatic rings. The molecule has 0 amide bonds. The summed E-state index contributed by atoms with van der Waals surface area (Å²) in [6.07, 6.45) is 1.22. The molecule has 2 aromatic heterocycles. The quantitative estimate of drug-likeness (QED) is 0.158. The van der Waals surface area contributed by atoms with Crippen molar-refractivity contribution in [1.29, 1.82) is 0 Å². The third-order valence-electron chi connectivity index (χ3n) is 4.64. The first kappa shape index (κ1) is 26.0. The van der Waals surface area contributed by atoms with Crippen LogP contribution < -0.4 is 10.6 Å². The Hall–Kier alpha value is -3.59. The van der Waals surface area contributed by atoms with E-state index in [1.165, 1.54) is 26.3 Å². The Morgan fingerprint density at radius 2 is 1.57 bits per heavy atom. The number of nitrogens with zero attached hydrogens (tertiary/aromatic N) is 2. The molecule has 0 saturated heterocycles. The largest absolute Gasteiger partial charge is 0.465 e. The number of aromatic nitrogens is 2. The van der Waals surface area contributed by atoms with E-state index in [1.807, 2.05) is 0 Å². The van der Waals surface area contributed by atoms with Crippen LogP contribution in [0.4, 0.5) is 32.8 Å². The van der Waals surface area contributed by atoms with Crippen molar-refractivity contribution >= 4 is 51.4 Å². The van der Waals surface area contributed by atoms with Gasteiger partial charge in [-0.3, -0.25) is 4.68 Å². The number of thiophene rings is 1. The van der Waals surface area contributed by atoms with Gasteiger partial charge in [-0.25, -0.2) is 31.5 Å². The summed E-state index contributed by atoms with van der Waals surface area (Å²) in [5.74, 6) is -11.7. The molecule has 0 aliphatic heterocycles. The molecule has 0 saturated carbocycles. The minimum Gasteiger partial charge on any atom is -0.465 e. The van der Waals surface area contributed by atoms with Gasteiger partial charge in [-0.2, -0.15) is 5.10 Å². The highest BCUT2D eigenvalue weighted by molar-refractivity contribution is 7.80. The van der Waals surface area contributed by atoms with Gasteiger partial charge in [-0.15, -0.1) is 11.3 Å². The number of halogens is 5. The minimum absolute atomic E-state index is 0.0486. The van der Waals surface area contributed by atoms with Crippen molar-refractivity contribution in [2.24, 2.45) is 0 Å². The molecule has 8 nitrogen and oxygen atoms in total. The fourth-order valence-electron chi connectivity index (χ4n) is 2.96. The lowest BCUT2D eigenvalue weighted by Crippen LogP contribution is -2.20. The summed E-state index contributed by atoms with van der Waals surface area (Å²) in [7, 11) is 2.34. The normalized spacial score (nSPS) is 10.7. The van der Waals surface area contributed by atoms with Crippen molar-refractivity contribution in [1.82, 2.24) is 9.78 Å². The molecule has 0 fully saturated rings. The van der Waals surface area contributed by atoms with Crippen molar-refractivity contribution in [3.05, 3.63) is 62.9 Å². The third-order valence-corrected chi connectivity index (χ3v) is 6.03. The molecule has 15 heteroatoms. The van der Waals surface area contributed by atoms with Gasteiger partial charge in [0.2, 0.25) is 5.82 Å². The van der Waals surface area contributed by atoms with Gasteiger partial charge in [0.25, 0.3) is 0 Å². The van der Waals surface area contributed by atoms with Gasteiger partial charge < -0.3 is 20.1 Å². The number of benzene rings is 1. The Bertz CT molecular complexity index is 1310. The fourth-order valence-corrected chi connectivity index (χ4v) is 4.34. The summed E-state index contributed by atoms with van der Waals surface area (Å²) in [6.45, 7) is 0.768. The van der Waals surface area contributed by atoms with Gasteiger partial charge in [-0.05, 0) is 24.7 Å². The van der Waals surface area contributed by atoms with E-state index in [1.54, 1.807) is 0 Å². The van der Waals surface area contributed by atoms with Gasteiger partial charge in [0.05, 0.1) is 31.9 Å². The lowest BCUT2D eigenvalue weighted by molar-refractivity contribution is 0.0601. The number of anilines is 2. The van der Waals surface area contributed by atoms with Gasteiger partial charge in [0.1, 0.15) is 9.88 Å². The van der Waals surface area contributed by atoms with Crippen molar-refractivity contribution in [2.75, 3.05) is 24.9 Å². The van der Waals surface area contributed by atoms with Crippen molar-refractivity contribution in [2.45, 2.75) is 13.5 Å². The van der Waals surface area contributed by atoms with Gasteiger partial charge >= 0.3 is 11.9 Å². The fraction of sp³-hybridized carbons (Fsp3) is 0.200. The van der Waals surface area contributed by atoms with Crippen molar-refractivity contribution in [3.63, 3.8) is 0 Å². The average Bonchev–Trinajstić information content (AvgIpc) is 3.41. The van der Waals surface area contributed by atoms with Crippen LogP contribution in [-0.4, -0.2) is 41.1 Å². The number of rotatable bonds is 6. The summed E-state index contributed by atoms with van der Waals surface area (Å²) >= 11 is 6.07. The van der Waals surface area contributed by atoms with Gasteiger partial charge in [-0.1, -0.05) is 0 Å². The maximum Gasteiger partial charge on any atom is 0.348 e. The van der Waals surface area contributed by atoms with Crippen LogP contribution in [0.5, 0.6) is 0 Å². The average molecular weight is 534 g/mol. The van der Waals surface area contributed by atoms with E-state index in [2.05, 4.69) is 15.7 Å². The molecule has 1 aromatic carbocycles. The van der Waals surface area contributed by atoms with Crippen LogP contribution in [0.1, 0.15) is 31.2 Å². The maximum atomic E-state index is 13.9. The number of carbonyl (C=O) groups excluding carboxylic acids is 2. The van der Waals surface area contributed by atoms with Crippen molar-refractivity contribution < 1.29 is 41.0 Å². The molecule has 2 heterocycles. The number of hydrogen-bond donors (Lipinski definition) is 2. The second-order valence-corrected chi connectivity index (χ2v) is 8.20. The van der Waals surface area contributed by atoms with Crippen LogP contribution in [0.2, 0.25) is 0 Å². The molecular weight excluding hydrogens is 519 g/mol. The standard InChI is InChI=1S/C20H15F5N4O4S2/c1-7-10(18(30)32-2)17(35-16(7)19(31)33-3)27-20(34)26-9-4-5-29(28-9)6-8-11(21)13(23)15(25)14(24)12(8)22/h4-5H,6H2,1-3H3,(H2,26,27,28,34). The number of carbonyl (C=O) groups is 2. The first-order chi connectivity index (χ1) is 16.5. The molecule has 0 radical (unpaired) electrons. The lowest BCUT2D eigenvalue weighted by Gasteiger charge is -2.10. The highest BCUT2D eigenvalue weighted by atomic mass is 32.1. The zero-order valence-electron chi connectivity index (χ0n) is 18.1. The number of esters is 2. The number of ether oxygens (including phenoxy) is 2. The summed E-state index contributed by atoms with van der Waals surface area (Å²) in [5.41, 5.74) is -0.700. The van der Waals surface area contributed by atoms with E-state index in [-0.39, 0.29) is 26.4 Å². The number of methoxy groups -OCH3 is 2. The molecule has 2 N–H and O–H groups in total. The third kappa shape index (κ3) is 5.09. The van der Waals surface area contributed by atoms with Crippen molar-refractivity contribution in [3.8, 4) is 0 Å². The molecule has 3 aromatic rings. The monoisotopic (exact) mass is 534 g/mol. The number of hydrogen-bond acceptors (Lipinski definition) is 7. The second-order valence-electron chi connectivity index (χ2n) is 6.77. The maximum absolute atomic E-state index is 13.9. The molecule has 0 aliphatic carbocycles. The summed E-state index contributed by atoms with van der Waals surface area (Å²) < 4.78 is 78.3. The van der Waals surface area contributed by atoms with E-state index < -0.39 is 53.1 Å². The molecule has 0 bridgehead atoms. The zero-order chi connectivity index (χ0) is 26.0. The van der Waals surface area contributed by atoms with Crippen LogP contribution >= 0.6 is 23.6 Å². The predicted molar refractivity (Wildman–Crippen MR) is 119 cm³/mol. The van der Waals surface area contributed by atoms with E-state index in [0.29, 0.717) is 5.56 Å². The van der Waals surface area contributed by atoms with Crippen LogP contribution in [0.25, 0.3) is 0 Å². The van der Waals surface area contributed by atoms with E-state index in [0.717, 1.165) is 23.1 Å². The smallest absolute Gasteiger partial charge is 0.348 e. The van der Waals surface area contributed by atoms with E-state index in [4.69, 9.17) is 21.7 Å². The molecule has 0 atom stereocenters. The Kier molecular flexibility index (Phi) is 7.70. The van der Waals surface area contributed by atoms with Crippen LogP contribution in [0.3, 0.4) is 0 Å². The topological polar surface area (TPSA) is 94.5 Å². The number of thiocarbonyl (C=S) groups is 1. The zero-order valence-corrected chi connectivity index (χ0v) is 19.7. The minimum atomic E-state index is -2.26. The predicted octanol–water partition coefficient (Wildman–Crippen LogP) is 4.38.